The maximum Gasteiger partial charge on any atom is 0.334 e. The van der Waals surface area contributed by atoms with Crippen LogP contribution in [-0.2, 0) is 61.6 Å². The normalized spacial score (nSPS) is 47.4. The Kier molecular flexibility index (Phi) is 25.3. The average molecular weight is 1130 g/mol. The number of methoxy groups -OCH3 is 4. The van der Waals surface area contributed by atoms with Crippen molar-refractivity contribution in [2.45, 2.75) is 249 Å². The molecule has 0 aromatic heterocycles. The summed E-state index contributed by atoms with van der Waals surface area (Å²) < 4.78 is 72.2. The average Bonchev–Trinajstić information content (AvgIpc) is 3.41. The van der Waals surface area contributed by atoms with Gasteiger partial charge in [0.25, 0.3) is 0 Å². The molecule has 5 aliphatic heterocycles. The first kappa shape index (κ1) is 67.2. The Hall–Kier alpha value is -2.59. The summed E-state index contributed by atoms with van der Waals surface area (Å²) in [5.41, 5.74) is 0.889. The van der Waals surface area contributed by atoms with Crippen LogP contribution in [0.5, 0.6) is 0 Å². The highest BCUT2D eigenvalue weighted by molar-refractivity contribution is 5.88. The van der Waals surface area contributed by atoms with E-state index in [0.717, 1.165) is 11.1 Å². The summed E-state index contributed by atoms with van der Waals surface area (Å²) in [7, 11) is 5.79. The highest BCUT2D eigenvalue weighted by atomic mass is 16.7. The summed E-state index contributed by atoms with van der Waals surface area (Å²) in [6.07, 6.45) is -8.51. The van der Waals surface area contributed by atoms with E-state index < -0.39 is 152 Å². The van der Waals surface area contributed by atoms with E-state index in [1.807, 2.05) is 51.2 Å². The van der Waals surface area contributed by atoms with Crippen LogP contribution in [0.15, 0.2) is 58.7 Å². The molecule has 0 amide bonds. The van der Waals surface area contributed by atoms with Crippen molar-refractivity contribution in [3.8, 4) is 0 Å². The van der Waals surface area contributed by atoms with E-state index in [1.165, 1.54) is 42.3 Å². The number of ether oxygens (including phenoxy) is 12. The second kappa shape index (κ2) is 29.8. The van der Waals surface area contributed by atoms with E-state index >= 15 is 0 Å². The van der Waals surface area contributed by atoms with Gasteiger partial charge in [-0.25, -0.2) is 4.79 Å². The molecule has 0 radical (unpaired) electrons. The van der Waals surface area contributed by atoms with Crippen LogP contribution in [0.4, 0.5) is 0 Å². The van der Waals surface area contributed by atoms with Crippen molar-refractivity contribution in [3.63, 3.8) is 0 Å². The number of aliphatic hydroxyl groups excluding tert-OH is 6. The molecular weight excluding hydrogens is 1030 g/mol. The van der Waals surface area contributed by atoms with Crippen LogP contribution in [0.3, 0.4) is 0 Å². The summed E-state index contributed by atoms with van der Waals surface area (Å²) in [4.78, 5) is 14.3. The van der Waals surface area contributed by atoms with Gasteiger partial charge in [0.15, 0.2) is 25.0 Å². The fourth-order valence-electron chi connectivity index (χ4n) is 11.6. The molecule has 79 heavy (non-hydrogen) atoms. The molecular formula is C58H96O21. The second-order valence-corrected chi connectivity index (χ2v) is 23.0. The van der Waals surface area contributed by atoms with Crippen molar-refractivity contribution in [2.24, 2.45) is 17.8 Å². The lowest BCUT2D eigenvalue weighted by atomic mass is 9.76. The summed E-state index contributed by atoms with van der Waals surface area (Å²) >= 11 is 0. The van der Waals surface area contributed by atoms with Crippen LogP contribution in [0, 0.1) is 17.8 Å². The molecule has 21 heteroatoms. The minimum absolute atomic E-state index is 0.000680. The molecule has 0 unspecified atom stereocenters. The maximum atomic E-state index is 14.3. The minimum Gasteiger partial charge on any atom is -0.450 e. The van der Waals surface area contributed by atoms with Crippen LogP contribution < -0.4 is 0 Å². The van der Waals surface area contributed by atoms with Gasteiger partial charge >= 0.3 is 5.97 Å². The van der Waals surface area contributed by atoms with E-state index in [-0.39, 0.29) is 50.2 Å². The van der Waals surface area contributed by atoms with Gasteiger partial charge in [-0.15, -0.1) is 0 Å². The molecule has 8 N–H and O–H groups in total. The summed E-state index contributed by atoms with van der Waals surface area (Å²) in [5.74, 6) is -5.55. The summed E-state index contributed by atoms with van der Waals surface area (Å²) in [6, 6.07) is 0. The van der Waals surface area contributed by atoms with E-state index in [2.05, 4.69) is 0 Å². The smallest absolute Gasteiger partial charge is 0.334 e. The molecule has 0 bridgehead atoms. The number of hydrogen-bond donors (Lipinski definition) is 8. The van der Waals surface area contributed by atoms with Gasteiger partial charge in [0.2, 0.25) is 5.79 Å². The van der Waals surface area contributed by atoms with Gasteiger partial charge in [0.05, 0.1) is 79.4 Å². The van der Waals surface area contributed by atoms with Gasteiger partial charge in [-0.3, -0.25) is 0 Å². The van der Waals surface area contributed by atoms with E-state index in [9.17, 15) is 45.6 Å². The monoisotopic (exact) mass is 1130 g/mol. The highest BCUT2D eigenvalue weighted by Crippen LogP contribution is 2.44. The lowest BCUT2D eigenvalue weighted by molar-refractivity contribution is -0.366. The second-order valence-electron chi connectivity index (χ2n) is 23.0. The molecule has 0 aliphatic carbocycles. The van der Waals surface area contributed by atoms with Gasteiger partial charge in [-0.2, -0.15) is 0 Å². The summed E-state index contributed by atoms with van der Waals surface area (Å²) in [6.45, 7) is 19.1. The lowest BCUT2D eigenvalue weighted by Gasteiger charge is -2.52. The molecule has 0 aromatic carbocycles. The zero-order valence-electron chi connectivity index (χ0n) is 49.1. The first-order valence-corrected chi connectivity index (χ1v) is 27.9. The number of rotatable bonds is 14. The predicted octanol–water partition coefficient (Wildman–Crippen LogP) is 3.59. The molecule has 0 aromatic rings. The fourth-order valence-corrected chi connectivity index (χ4v) is 11.6. The standard InChI is InChI=1S/C58H96O21/c1-29-17-16-18-40(59)44(69-13)25-41(60)54(78-55(65)33(5)23-31(3)21-30(2)22-32(4)42(20-19-29)76-56-51(64)50(63)52(71-15)37(9)74-56)58(67)35(7)48(61)34(6)43(79-58)24-39(28-68-12)75-47-27-57(11,66)53(38(10)73-47)77-46-26-45(70-14)49(62)36(8)72-46/h17,19-23,32,34-54,56,59-64,66-67H,16,18,24-28H2,1-15H3/b20-19-,29-17-,30-22-,31-21-,33-23-/t32-,34+,35-,36-,37+,38+,39-,40+,41+,42-,43+,44+,45-,46+,47+,48+,49-,50+,51+,52+,53+,54-,56+,57+,58-/m1/s1. The Morgan fingerprint density at radius 2 is 1.39 bits per heavy atom. The molecule has 21 nitrogen and oxygen atoms in total. The summed E-state index contributed by atoms with van der Waals surface area (Å²) in [5, 5.41) is 92.8. The van der Waals surface area contributed by atoms with Crippen molar-refractivity contribution in [1.29, 1.82) is 0 Å². The van der Waals surface area contributed by atoms with Crippen molar-refractivity contribution in [1.82, 2.24) is 0 Å². The van der Waals surface area contributed by atoms with Gasteiger partial charge in [0.1, 0.15) is 30.5 Å². The molecule has 4 saturated heterocycles. The number of hydrogen-bond acceptors (Lipinski definition) is 21. The van der Waals surface area contributed by atoms with E-state index in [0.29, 0.717) is 12.0 Å². The van der Waals surface area contributed by atoms with Crippen molar-refractivity contribution in [2.75, 3.05) is 35.0 Å². The molecule has 4 fully saturated rings. The van der Waals surface area contributed by atoms with Crippen LogP contribution >= 0.6 is 0 Å². The quantitative estimate of drug-likeness (QED) is 0.115. The minimum atomic E-state index is -2.53. The molecule has 454 valence electrons. The van der Waals surface area contributed by atoms with Crippen molar-refractivity contribution in [3.05, 3.63) is 58.7 Å². The Balaban J connectivity index is 1.41. The van der Waals surface area contributed by atoms with Crippen molar-refractivity contribution < 1.29 is 102 Å². The Morgan fingerprint density at radius 1 is 0.722 bits per heavy atom. The number of carbonyl (C=O) groups is 1. The molecule has 0 spiro atoms. The zero-order chi connectivity index (χ0) is 58.8. The number of cyclic esters (lactones) is 1. The highest BCUT2D eigenvalue weighted by Gasteiger charge is 2.59. The Morgan fingerprint density at radius 3 is 2.03 bits per heavy atom. The van der Waals surface area contributed by atoms with Crippen LogP contribution in [0.1, 0.15) is 115 Å². The van der Waals surface area contributed by atoms with E-state index in [4.69, 9.17) is 56.8 Å². The van der Waals surface area contributed by atoms with Crippen LogP contribution in [0.25, 0.3) is 0 Å². The molecule has 0 saturated carbocycles. The number of esters is 1. The van der Waals surface area contributed by atoms with E-state index in [1.54, 1.807) is 47.6 Å². The molecule has 5 aliphatic rings. The topological polar surface area (TPSA) is 290 Å². The number of carbonyl (C=O) groups excluding carboxylic acids is 1. The zero-order valence-corrected chi connectivity index (χ0v) is 49.1. The third kappa shape index (κ3) is 17.3. The number of allylic oxidation sites excluding steroid dienone is 7. The van der Waals surface area contributed by atoms with Gasteiger partial charge in [-0.05, 0) is 74.3 Å². The van der Waals surface area contributed by atoms with Gasteiger partial charge in [0, 0.05) is 77.4 Å². The predicted molar refractivity (Wildman–Crippen MR) is 288 cm³/mol. The Labute approximate surface area is 467 Å². The fraction of sp³-hybridized carbons (Fsp3) is 0.810. The molecule has 25 atom stereocenters. The third-order valence-electron chi connectivity index (χ3n) is 16.3. The first-order chi connectivity index (χ1) is 37.1. The Bertz CT molecular complexity index is 2080. The SMILES string of the molecule is COC[C@@H](C[C@@H]1O[C@@](O)([C@@H]2OC(=O)\C(C)=C/C(C)=C\C(C)=C/[C@@H](C)[C@H](O[C@@H]3O[C@@H](C)[C@H](OC)[C@@H](O)[C@@H]3O)/C=C\C(C)=C/CC[C@H](O)[C@@H](OC)C[C@@H]2O)[C@H](C)[C@@H](O)[C@H]1C)O[C@H]1C[C@](C)(O)[C@@H](O[C@H]2C[C@@H](OC)[C@H](O)[C@@H](C)O2)[C@H](C)O1. The van der Waals surface area contributed by atoms with Gasteiger partial charge in [-0.1, -0.05) is 67.9 Å². The first-order valence-electron chi connectivity index (χ1n) is 27.9. The largest absolute Gasteiger partial charge is 0.450 e. The number of aliphatic hydroxyl groups is 8. The lowest BCUT2D eigenvalue weighted by Crippen LogP contribution is -2.66. The molecule has 5 rings (SSSR count). The van der Waals surface area contributed by atoms with Crippen molar-refractivity contribution >= 4 is 5.97 Å². The maximum absolute atomic E-state index is 14.3. The third-order valence-corrected chi connectivity index (χ3v) is 16.3. The van der Waals surface area contributed by atoms with Crippen LogP contribution in [0.2, 0.25) is 0 Å². The molecule has 5 heterocycles. The van der Waals surface area contributed by atoms with Gasteiger partial charge < -0.3 is 97.7 Å². The van der Waals surface area contributed by atoms with Crippen LogP contribution in [-0.4, -0.2) is 216 Å².